The minimum Gasteiger partial charge on any atom is -0.508 e. The minimum absolute atomic E-state index is 0.000913. The van der Waals surface area contributed by atoms with Gasteiger partial charge >= 0.3 is 0 Å². The average molecular weight is 314 g/mol. The van der Waals surface area contributed by atoms with E-state index >= 15 is 0 Å². The second-order valence-corrected chi connectivity index (χ2v) is 5.75. The minimum atomic E-state index is -2.24. The zero-order valence-corrected chi connectivity index (χ0v) is 13.2. The van der Waals surface area contributed by atoms with Gasteiger partial charge in [-0.05, 0) is 36.1 Å². The Labute approximate surface area is 130 Å². The van der Waals surface area contributed by atoms with Gasteiger partial charge in [0, 0.05) is 13.8 Å². The van der Waals surface area contributed by atoms with E-state index in [2.05, 4.69) is 10.6 Å². The van der Waals surface area contributed by atoms with Gasteiger partial charge < -0.3 is 25.5 Å². The van der Waals surface area contributed by atoms with Gasteiger partial charge in [0.1, 0.15) is 5.75 Å². The summed E-state index contributed by atoms with van der Waals surface area (Å²) in [6.45, 7) is 4.27. The summed E-state index contributed by atoms with van der Waals surface area (Å²) in [7, 11) is 0. The van der Waals surface area contributed by atoms with E-state index in [4.69, 9.17) is 0 Å². The molecule has 126 valence electrons. The molecule has 0 aromatic heterocycles. The fourth-order valence-electron chi connectivity index (χ4n) is 2.18. The van der Waals surface area contributed by atoms with Crippen molar-refractivity contribution < 1.29 is 25.5 Å². The third kappa shape index (κ3) is 6.69. The molecule has 7 heteroatoms. The lowest BCUT2D eigenvalue weighted by atomic mass is 9.99. The Bertz CT molecular complexity index is 464. The molecule has 7 N–H and O–H groups in total. The van der Waals surface area contributed by atoms with Gasteiger partial charge in [-0.15, -0.1) is 0 Å². The zero-order valence-electron chi connectivity index (χ0n) is 13.2. The van der Waals surface area contributed by atoms with Crippen molar-refractivity contribution in [3.63, 3.8) is 0 Å². The van der Waals surface area contributed by atoms with Crippen LogP contribution in [0, 0.1) is 0 Å². The van der Waals surface area contributed by atoms with Crippen LogP contribution >= 0.6 is 0 Å². The molecule has 0 amide bonds. The van der Waals surface area contributed by atoms with Crippen LogP contribution < -0.4 is 10.6 Å². The number of phenols is 1. The molecule has 0 spiro atoms. The second kappa shape index (κ2) is 7.36. The second-order valence-electron chi connectivity index (χ2n) is 5.75. The lowest BCUT2D eigenvalue weighted by Gasteiger charge is -2.32. The van der Waals surface area contributed by atoms with Crippen LogP contribution in [0.25, 0.3) is 0 Å². The molecule has 0 saturated carbocycles. The molecule has 22 heavy (non-hydrogen) atoms. The third-order valence-electron chi connectivity index (χ3n) is 3.08. The summed E-state index contributed by atoms with van der Waals surface area (Å²) >= 11 is 0. The number of unbranched alkanes of at least 4 members (excludes halogenated alkanes) is 1. The maximum Gasteiger partial charge on any atom is 0.220 e. The maximum absolute atomic E-state index is 9.70. The molecule has 7 nitrogen and oxygen atoms in total. The van der Waals surface area contributed by atoms with Crippen LogP contribution in [0.15, 0.2) is 18.2 Å². The molecule has 0 unspecified atom stereocenters. The van der Waals surface area contributed by atoms with Crippen molar-refractivity contribution >= 4 is 0 Å². The highest BCUT2D eigenvalue weighted by molar-refractivity contribution is 5.37. The topological polar surface area (TPSA) is 125 Å². The lowest BCUT2D eigenvalue weighted by Crippen LogP contribution is -2.55. The number of hydrogen-bond acceptors (Lipinski definition) is 7. The Morgan fingerprint density at radius 1 is 1.05 bits per heavy atom. The van der Waals surface area contributed by atoms with Crippen molar-refractivity contribution in [2.24, 2.45) is 0 Å². The van der Waals surface area contributed by atoms with Crippen LogP contribution in [-0.2, 0) is 6.42 Å². The van der Waals surface area contributed by atoms with E-state index in [1.54, 1.807) is 12.1 Å². The Morgan fingerprint density at radius 3 is 2.05 bits per heavy atom. The molecular formula is C15H26N2O5. The highest BCUT2D eigenvalue weighted by Gasteiger charge is 2.29. The van der Waals surface area contributed by atoms with E-state index in [1.807, 2.05) is 6.92 Å². The molecule has 0 atom stereocenters. The third-order valence-corrected chi connectivity index (χ3v) is 3.08. The number of aromatic hydroxyl groups is 1. The predicted molar refractivity (Wildman–Crippen MR) is 81.4 cm³/mol. The van der Waals surface area contributed by atoms with Crippen LogP contribution in [-0.4, -0.2) is 37.4 Å². The number of aliphatic hydroxyl groups is 4. The summed E-state index contributed by atoms with van der Waals surface area (Å²) < 4.78 is 0. The van der Waals surface area contributed by atoms with Crippen LogP contribution in [0.3, 0.4) is 0 Å². The van der Waals surface area contributed by atoms with Gasteiger partial charge in [-0.3, -0.25) is 0 Å². The summed E-state index contributed by atoms with van der Waals surface area (Å²) in [5.74, 6) is -4.48. The number of aryl methyl sites for hydroxylation is 1. The molecule has 1 aromatic carbocycles. The molecule has 0 aliphatic carbocycles. The van der Waals surface area contributed by atoms with E-state index in [0.29, 0.717) is 12.0 Å². The van der Waals surface area contributed by atoms with E-state index < -0.39 is 18.0 Å². The first-order valence-electron chi connectivity index (χ1n) is 7.28. The van der Waals surface area contributed by atoms with Gasteiger partial charge in [-0.1, -0.05) is 19.4 Å². The summed E-state index contributed by atoms with van der Waals surface area (Å²) in [5, 5.41) is 52.8. The molecule has 0 radical (unpaired) electrons. The Balaban J connectivity index is 3.18. The maximum atomic E-state index is 9.70. The molecule has 0 aliphatic rings. The Morgan fingerprint density at radius 2 is 1.59 bits per heavy atom. The number of phenolic OH excluding ortho intramolecular Hbond substituents is 1. The fraction of sp³-hybridized carbons (Fsp3) is 0.600. The van der Waals surface area contributed by atoms with Crippen molar-refractivity contribution in [3.8, 4) is 5.75 Å². The van der Waals surface area contributed by atoms with E-state index in [9.17, 15) is 25.5 Å². The van der Waals surface area contributed by atoms with Gasteiger partial charge in [-0.2, -0.15) is 0 Å². The number of rotatable bonds is 8. The summed E-state index contributed by atoms with van der Waals surface area (Å²) in [5.41, 5.74) is 1.37. The molecule has 0 heterocycles. The summed E-state index contributed by atoms with van der Waals surface area (Å²) in [6.07, 6.45) is 1.61. The SMILES string of the molecule is CCCCc1ccc(O)cc1C(NC(C)(O)O)NC(C)(O)O. The quantitative estimate of drug-likeness (QED) is 0.342. The monoisotopic (exact) mass is 314 g/mol. The first kappa shape index (κ1) is 18.8. The predicted octanol–water partition coefficient (Wildman–Crippen LogP) is 0.229. The van der Waals surface area contributed by atoms with Gasteiger partial charge in [0.05, 0.1) is 6.17 Å². The Kier molecular flexibility index (Phi) is 6.30. The lowest BCUT2D eigenvalue weighted by molar-refractivity contribution is -0.206. The van der Waals surface area contributed by atoms with Gasteiger partial charge in [0.2, 0.25) is 11.8 Å². The smallest absolute Gasteiger partial charge is 0.220 e. The van der Waals surface area contributed by atoms with Crippen LogP contribution in [0.5, 0.6) is 5.75 Å². The van der Waals surface area contributed by atoms with Crippen LogP contribution in [0.4, 0.5) is 0 Å². The first-order chi connectivity index (χ1) is 10.0. The molecule has 0 aliphatic heterocycles. The van der Waals surface area contributed by atoms with Crippen molar-refractivity contribution in [3.05, 3.63) is 29.3 Å². The largest absolute Gasteiger partial charge is 0.508 e. The van der Waals surface area contributed by atoms with Crippen molar-refractivity contribution in [2.75, 3.05) is 0 Å². The van der Waals surface area contributed by atoms with Crippen molar-refractivity contribution in [1.82, 2.24) is 10.6 Å². The van der Waals surface area contributed by atoms with E-state index in [1.165, 1.54) is 6.07 Å². The number of benzene rings is 1. The summed E-state index contributed by atoms with van der Waals surface area (Å²) in [4.78, 5) is 0. The first-order valence-corrected chi connectivity index (χ1v) is 7.28. The van der Waals surface area contributed by atoms with Crippen molar-refractivity contribution in [1.29, 1.82) is 0 Å². The van der Waals surface area contributed by atoms with Gasteiger partial charge in [0.15, 0.2) is 0 Å². The van der Waals surface area contributed by atoms with Crippen LogP contribution in [0.2, 0.25) is 0 Å². The number of hydrogen-bond donors (Lipinski definition) is 7. The highest BCUT2D eigenvalue weighted by atomic mass is 16.5. The summed E-state index contributed by atoms with van der Waals surface area (Å²) in [6, 6.07) is 4.72. The van der Waals surface area contributed by atoms with Gasteiger partial charge in [0.25, 0.3) is 0 Å². The van der Waals surface area contributed by atoms with E-state index in [-0.39, 0.29) is 5.75 Å². The molecule has 0 saturated heterocycles. The van der Waals surface area contributed by atoms with Crippen LogP contribution in [0.1, 0.15) is 50.9 Å². The average Bonchev–Trinajstić information content (AvgIpc) is 2.33. The molecule has 0 fully saturated rings. The van der Waals surface area contributed by atoms with Gasteiger partial charge in [-0.25, -0.2) is 10.6 Å². The number of nitrogens with one attached hydrogen (secondary N) is 2. The fourth-order valence-corrected chi connectivity index (χ4v) is 2.18. The Hall–Kier alpha value is -1.22. The highest BCUT2D eigenvalue weighted by Crippen LogP contribution is 2.25. The zero-order chi connectivity index (χ0) is 17.0. The standard InChI is InChI=1S/C15H26N2O5/c1-4-5-6-10-7-8-11(18)9-12(10)13(16-14(2,19)20)17-15(3,21)22/h7-9,13,16-22H,4-6H2,1-3H3. The molecule has 0 bridgehead atoms. The normalized spacial score (nSPS) is 12.9. The molecule has 1 rings (SSSR count). The van der Waals surface area contributed by atoms with Crippen molar-refractivity contribution in [2.45, 2.75) is 58.0 Å². The van der Waals surface area contributed by atoms with E-state index in [0.717, 1.165) is 32.3 Å². The molecule has 1 aromatic rings. The molecular weight excluding hydrogens is 288 g/mol.